The van der Waals surface area contributed by atoms with Crippen molar-refractivity contribution in [3.05, 3.63) is 47.5 Å². The number of benzene rings is 2. The molecule has 2 aromatic rings. The lowest BCUT2D eigenvalue weighted by molar-refractivity contribution is 0.394. The molecule has 2 aromatic carbocycles. The second kappa shape index (κ2) is 5.55. The van der Waals surface area contributed by atoms with Crippen LogP contribution in [0.5, 0.6) is 11.5 Å². The molecule has 0 aliphatic carbocycles. The van der Waals surface area contributed by atoms with Gasteiger partial charge < -0.3 is 14.8 Å². The SMILES string of the molecule is COc1cc(OC)cc(-c2cccc3c2CNCC3)c1. The molecule has 0 amide bonds. The van der Waals surface area contributed by atoms with Crippen LogP contribution in [0.1, 0.15) is 11.1 Å². The number of nitrogens with one attached hydrogen (secondary N) is 1. The molecule has 1 heterocycles. The summed E-state index contributed by atoms with van der Waals surface area (Å²) >= 11 is 0. The van der Waals surface area contributed by atoms with E-state index < -0.39 is 0 Å². The highest BCUT2D eigenvalue weighted by molar-refractivity contribution is 5.72. The average Bonchev–Trinajstić information content (AvgIpc) is 2.53. The summed E-state index contributed by atoms with van der Waals surface area (Å²) in [5.41, 5.74) is 5.21. The van der Waals surface area contributed by atoms with Gasteiger partial charge in [-0.3, -0.25) is 0 Å². The molecule has 0 atom stereocenters. The van der Waals surface area contributed by atoms with Crippen LogP contribution in [-0.4, -0.2) is 20.8 Å². The van der Waals surface area contributed by atoms with E-state index in [1.165, 1.54) is 16.7 Å². The first-order chi connectivity index (χ1) is 9.81. The predicted molar refractivity (Wildman–Crippen MR) is 80.4 cm³/mol. The quantitative estimate of drug-likeness (QED) is 0.929. The fourth-order valence-electron chi connectivity index (χ4n) is 2.75. The maximum atomic E-state index is 5.37. The molecule has 0 fully saturated rings. The van der Waals surface area contributed by atoms with Crippen molar-refractivity contribution in [3.8, 4) is 22.6 Å². The van der Waals surface area contributed by atoms with Crippen molar-refractivity contribution >= 4 is 0 Å². The zero-order chi connectivity index (χ0) is 13.9. The normalized spacial score (nSPS) is 13.7. The van der Waals surface area contributed by atoms with Crippen LogP contribution in [0.2, 0.25) is 0 Å². The zero-order valence-electron chi connectivity index (χ0n) is 11.9. The van der Waals surface area contributed by atoms with Gasteiger partial charge in [0.05, 0.1) is 14.2 Å². The number of hydrogen-bond donors (Lipinski definition) is 1. The largest absolute Gasteiger partial charge is 0.497 e. The van der Waals surface area contributed by atoms with E-state index in [-0.39, 0.29) is 0 Å². The van der Waals surface area contributed by atoms with Gasteiger partial charge in [0.25, 0.3) is 0 Å². The second-order valence-electron chi connectivity index (χ2n) is 4.97. The monoisotopic (exact) mass is 269 g/mol. The Balaban J connectivity index is 2.13. The minimum atomic E-state index is 0.820. The first-order valence-electron chi connectivity index (χ1n) is 6.87. The zero-order valence-corrected chi connectivity index (χ0v) is 11.9. The van der Waals surface area contributed by atoms with Crippen molar-refractivity contribution in [2.75, 3.05) is 20.8 Å². The van der Waals surface area contributed by atoms with Gasteiger partial charge >= 0.3 is 0 Å². The van der Waals surface area contributed by atoms with Crippen LogP contribution in [0.3, 0.4) is 0 Å². The molecule has 3 nitrogen and oxygen atoms in total. The Morgan fingerprint density at radius 2 is 1.75 bits per heavy atom. The van der Waals surface area contributed by atoms with Crippen LogP contribution in [-0.2, 0) is 13.0 Å². The first-order valence-corrected chi connectivity index (χ1v) is 6.87. The molecule has 0 spiro atoms. The number of fused-ring (bicyclic) bond motifs is 1. The maximum absolute atomic E-state index is 5.37. The molecular weight excluding hydrogens is 250 g/mol. The summed E-state index contributed by atoms with van der Waals surface area (Å²) in [5, 5.41) is 3.45. The smallest absolute Gasteiger partial charge is 0.123 e. The average molecular weight is 269 g/mol. The molecule has 1 aliphatic rings. The molecule has 0 aromatic heterocycles. The van der Waals surface area contributed by atoms with Gasteiger partial charge in [-0.2, -0.15) is 0 Å². The maximum Gasteiger partial charge on any atom is 0.123 e. The fraction of sp³-hybridized carbons (Fsp3) is 0.294. The summed E-state index contributed by atoms with van der Waals surface area (Å²) in [4.78, 5) is 0. The highest BCUT2D eigenvalue weighted by atomic mass is 16.5. The van der Waals surface area contributed by atoms with Gasteiger partial charge in [0.15, 0.2) is 0 Å². The number of methoxy groups -OCH3 is 2. The predicted octanol–water partition coefficient (Wildman–Crippen LogP) is 3.02. The minimum absolute atomic E-state index is 0.820. The van der Waals surface area contributed by atoms with Crippen molar-refractivity contribution in [1.82, 2.24) is 5.32 Å². The van der Waals surface area contributed by atoms with E-state index in [9.17, 15) is 0 Å². The number of ether oxygens (including phenoxy) is 2. The summed E-state index contributed by atoms with van der Waals surface area (Å²) in [5.74, 6) is 1.64. The van der Waals surface area contributed by atoms with E-state index in [1.54, 1.807) is 14.2 Å². The Morgan fingerprint density at radius 1 is 1.00 bits per heavy atom. The van der Waals surface area contributed by atoms with Crippen molar-refractivity contribution < 1.29 is 9.47 Å². The van der Waals surface area contributed by atoms with Crippen LogP contribution in [0, 0.1) is 0 Å². The van der Waals surface area contributed by atoms with Crippen LogP contribution in [0.25, 0.3) is 11.1 Å². The molecular formula is C17H19NO2. The van der Waals surface area contributed by atoms with E-state index in [0.717, 1.165) is 36.6 Å². The second-order valence-corrected chi connectivity index (χ2v) is 4.97. The molecule has 0 radical (unpaired) electrons. The van der Waals surface area contributed by atoms with Crippen LogP contribution in [0.4, 0.5) is 0 Å². The van der Waals surface area contributed by atoms with Crippen molar-refractivity contribution in [1.29, 1.82) is 0 Å². The van der Waals surface area contributed by atoms with Gasteiger partial charge in [-0.25, -0.2) is 0 Å². The number of rotatable bonds is 3. The van der Waals surface area contributed by atoms with Crippen LogP contribution < -0.4 is 14.8 Å². The van der Waals surface area contributed by atoms with Crippen LogP contribution >= 0.6 is 0 Å². The molecule has 1 aliphatic heterocycles. The Hall–Kier alpha value is -2.00. The van der Waals surface area contributed by atoms with E-state index >= 15 is 0 Å². The van der Waals surface area contributed by atoms with Gasteiger partial charge in [-0.15, -0.1) is 0 Å². The van der Waals surface area contributed by atoms with E-state index in [2.05, 4.69) is 35.6 Å². The third-order valence-electron chi connectivity index (χ3n) is 3.81. The molecule has 20 heavy (non-hydrogen) atoms. The molecule has 3 rings (SSSR count). The van der Waals surface area contributed by atoms with E-state index in [1.807, 2.05) is 6.07 Å². The van der Waals surface area contributed by atoms with Crippen LogP contribution in [0.15, 0.2) is 36.4 Å². The Bertz CT molecular complexity index is 600. The third-order valence-corrected chi connectivity index (χ3v) is 3.81. The first kappa shape index (κ1) is 13.0. The molecule has 0 unspecified atom stereocenters. The summed E-state index contributed by atoms with van der Waals surface area (Å²) in [6.07, 6.45) is 1.09. The summed E-state index contributed by atoms with van der Waals surface area (Å²) in [7, 11) is 3.36. The topological polar surface area (TPSA) is 30.5 Å². The fourth-order valence-corrected chi connectivity index (χ4v) is 2.75. The summed E-state index contributed by atoms with van der Waals surface area (Å²) in [6.45, 7) is 1.98. The standard InChI is InChI=1S/C17H19NO2/c1-19-14-8-13(9-15(10-14)20-2)16-5-3-4-12-6-7-18-11-17(12)16/h3-5,8-10,18H,6-7,11H2,1-2H3. The highest BCUT2D eigenvalue weighted by Crippen LogP contribution is 2.33. The van der Waals surface area contributed by atoms with Crippen molar-refractivity contribution in [3.63, 3.8) is 0 Å². The minimum Gasteiger partial charge on any atom is -0.497 e. The highest BCUT2D eigenvalue weighted by Gasteiger charge is 2.14. The lowest BCUT2D eigenvalue weighted by Gasteiger charge is -2.21. The van der Waals surface area contributed by atoms with Gasteiger partial charge in [0, 0.05) is 12.6 Å². The van der Waals surface area contributed by atoms with E-state index in [4.69, 9.17) is 9.47 Å². The lowest BCUT2D eigenvalue weighted by atomic mass is 9.92. The molecule has 3 heteroatoms. The molecule has 0 saturated carbocycles. The molecule has 1 N–H and O–H groups in total. The van der Waals surface area contributed by atoms with Crippen molar-refractivity contribution in [2.45, 2.75) is 13.0 Å². The summed E-state index contributed by atoms with van der Waals surface area (Å²) < 4.78 is 10.7. The number of hydrogen-bond acceptors (Lipinski definition) is 3. The third kappa shape index (κ3) is 2.37. The molecule has 104 valence electrons. The van der Waals surface area contributed by atoms with Gasteiger partial charge in [0.1, 0.15) is 11.5 Å². The molecule has 0 bridgehead atoms. The van der Waals surface area contributed by atoms with Gasteiger partial charge in [-0.05, 0) is 47.4 Å². The van der Waals surface area contributed by atoms with Crippen molar-refractivity contribution in [2.24, 2.45) is 0 Å². The van der Waals surface area contributed by atoms with Gasteiger partial charge in [-0.1, -0.05) is 18.2 Å². The Labute approximate surface area is 119 Å². The van der Waals surface area contributed by atoms with E-state index in [0.29, 0.717) is 0 Å². The van der Waals surface area contributed by atoms with Gasteiger partial charge in [0.2, 0.25) is 0 Å². The Morgan fingerprint density at radius 3 is 2.45 bits per heavy atom. The Kier molecular flexibility index (Phi) is 3.61. The molecule has 0 saturated heterocycles. The summed E-state index contributed by atoms with van der Waals surface area (Å²) in [6, 6.07) is 12.5. The lowest BCUT2D eigenvalue weighted by Crippen LogP contribution is -2.24.